The van der Waals surface area contributed by atoms with Gasteiger partial charge in [-0.05, 0) is 6.42 Å². The van der Waals surface area contributed by atoms with Crippen molar-refractivity contribution in [2.75, 3.05) is 31.1 Å². The first-order valence-electron chi connectivity index (χ1n) is 6.27. The Balaban J connectivity index is 1.91. The molecule has 0 amide bonds. The Kier molecular flexibility index (Phi) is 4.85. The zero-order valence-electron chi connectivity index (χ0n) is 10.6. The van der Waals surface area contributed by atoms with Gasteiger partial charge in [0.1, 0.15) is 5.51 Å². The van der Waals surface area contributed by atoms with E-state index in [9.17, 15) is 0 Å². The maximum Gasteiger partial charge on any atom is 0.208 e. The normalized spacial score (nSPS) is 18.8. The molecule has 1 aliphatic rings. The molecule has 7 heteroatoms. The highest BCUT2D eigenvalue weighted by atomic mass is 32.1. The summed E-state index contributed by atoms with van der Waals surface area (Å²) in [6, 6.07) is 0.251. The first-order chi connectivity index (χ1) is 8.72. The van der Waals surface area contributed by atoms with E-state index < -0.39 is 0 Å². The van der Waals surface area contributed by atoms with Crippen molar-refractivity contribution in [2.24, 2.45) is 5.73 Å². The van der Waals surface area contributed by atoms with Crippen molar-refractivity contribution >= 4 is 33.7 Å². The van der Waals surface area contributed by atoms with Crippen LogP contribution in [-0.2, 0) is 0 Å². The molecular formula is C11H19N5S2. The van der Waals surface area contributed by atoms with Gasteiger partial charge in [-0.2, -0.15) is 0 Å². The fourth-order valence-electron chi connectivity index (χ4n) is 2.31. The topological polar surface area (TPSA) is 58.3 Å². The predicted octanol–water partition coefficient (Wildman–Crippen LogP) is 1.11. The Morgan fingerprint density at radius 2 is 2.22 bits per heavy atom. The summed E-state index contributed by atoms with van der Waals surface area (Å²) in [6.07, 6.45) is 2.16. The van der Waals surface area contributed by atoms with Crippen LogP contribution in [0.5, 0.6) is 0 Å². The first-order valence-corrected chi connectivity index (χ1v) is 7.55. The van der Waals surface area contributed by atoms with Gasteiger partial charge < -0.3 is 10.6 Å². The van der Waals surface area contributed by atoms with Crippen LogP contribution >= 0.6 is 23.6 Å². The maximum absolute atomic E-state index is 5.84. The lowest BCUT2D eigenvalue weighted by molar-refractivity contribution is 0.219. The molecular weight excluding hydrogens is 266 g/mol. The predicted molar refractivity (Wildman–Crippen MR) is 79.2 cm³/mol. The summed E-state index contributed by atoms with van der Waals surface area (Å²) in [5.74, 6) is 0. The Morgan fingerprint density at radius 3 is 2.72 bits per heavy atom. The SMILES string of the molecule is CCCC(C(N)=S)N1CCN(c2nncs2)CC1. The van der Waals surface area contributed by atoms with Crippen LogP contribution in [0.25, 0.3) is 0 Å². The highest BCUT2D eigenvalue weighted by molar-refractivity contribution is 7.80. The lowest BCUT2D eigenvalue weighted by Gasteiger charge is -2.38. The van der Waals surface area contributed by atoms with E-state index in [4.69, 9.17) is 18.0 Å². The average Bonchev–Trinajstić information content (AvgIpc) is 2.90. The highest BCUT2D eigenvalue weighted by Gasteiger charge is 2.25. The molecule has 1 aliphatic heterocycles. The van der Waals surface area contributed by atoms with Crippen LogP contribution in [0.15, 0.2) is 5.51 Å². The minimum atomic E-state index is 0.251. The van der Waals surface area contributed by atoms with Crippen molar-refractivity contribution in [3.63, 3.8) is 0 Å². The Labute approximate surface area is 117 Å². The van der Waals surface area contributed by atoms with Gasteiger partial charge in [-0.25, -0.2) is 0 Å². The Bertz CT molecular complexity index is 373. The largest absolute Gasteiger partial charge is 0.392 e. The van der Waals surface area contributed by atoms with Crippen LogP contribution in [0.4, 0.5) is 5.13 Å². The lowest BCUT2D eigenvalue weighted by atomic mass is 10.1. The van der Waals surface area contributed by atoms with Crippen LogP contribution in [0.3, 0.4) is 0 Å². The number of nitrogens with two attached hydrogens (primary N) is 1. The number of nitrogens with zero attached hydrogens (tertiary/aromatic N) is 4. The maximum atomic E-state index is 5.84. The fraction of sp³-hybridized carbons (Fsp3) is 0.727. The molecule has 0 saturated carbocycles. The molecule has 2 heterocycles. The van der Waals surface area contributed by atoms with Crippen LogP contribution in [0.1, 0.15) is 19.8 Å². The molecule has 0 radical (unpaired) electrons. The second-order valence-electron chi connectivity index (χ2n) is 4.45. The highest BCUT2D eigenvalue weighted by Crippen LogP contribution is 2.19. The van der Waals surface area contributed by atoms with E-state index >= 15 is 0 Å². The molecule has 0 spiro atoms. The summed E-state index contributed by atoms with van der Waals surface area (Å²) in [5.41, 5.74) is 7.61. The number of hydrogen-bond acceptors (Lipinski definition) is 6. The van der Waals surface area contributed by atoms with Gasteiger partial charge in [0.15, 0.2) is 0 Å². The minimum absolute atomic E-state index is 0.251. The van der Waals surface area contributed by atoms with Crippen molar-refractivity contribution in [2.45, 2.75) is 25.8 Å². The van der Waals surface area contributed by atoms with Gasteiger partial charge in [0, 0.05) is 26.2 Å². The molecule has 2 N–H and O–H groups in total. The molecule has 2 rings (SSSR count). The quantitative estimate of drug-likeness (QED) is 0.818. The standard InChI is InChI=1S/C11H19N5S2/c1-2-3-9(10(12)17)15-4-6-16(7-5-15)11-14-13-8-18-11/h8-9H,2-7H2,1H3,(H2,12,17). The van der Waals surface area contributed by atoms with Gasteiger partial charge in [0.25, 0.3) is 0 Å². The molecule has 100 valence electrons. The Hall–Kier alpha value is -0.790. The molecule has 0 bridgehead atoms. The molecule has 1 aromatic heterocycles. The third kappa shape index (κ3) is 3.15. The molecule has 0 aromatic carbocycles. The minimum Gasteiger partial charge on any atom is -0.392 e. The summed E-state index contributed by atoms with van der Waals surface area (Å²) < 4.78 is 0. The van der Waals surface area contributed by atoms with E-state index in [0.29, 0.717) is 4.99 Å². The first kappa shape index (κ1) is 13.6. The van der Waals surface area contributed by atoms with E-state index in [1.807, 2.05) is 0 Å². The second kappa shape index (κ2) is 6.40. The van der Waals surface area contributed by atoms with Gasteiger partial charge in [0.05, 0.1) is 11.0 Å². The van der Waals surface area contributed by atoms with Crippen LogP contribution in [-0.4, -0.2) is 52.3 Å². The monoisotopic (exact) mass is 285 g/mol. The lowest BCUT2D eigenvalue weighted by Crippen LogP contribution is -2.53. The molecule has 0 aliphatic carbocycles. The average molecular weight is 285 g/mol. The van der Waals surface area contributed by atoms with E-state index in [2.05, 4.69) is 26.9 Å². The zero-order valence-corrected chi connectivity index (χ0v) is 12.2. The molecule has 1 aromatic rings. The summed E-state index contributed by atoms with van der Waals surface area (Å²) in [7, 11) is 0. The van der Waals surface area contributed by atoms with Crippen LogP contribution in [0, 0.1) is 0 Å². The fourth-order valence-corrected chi connectivity index (χ4v) is 3.19. The van der Waals surface area contributed by atoms with E-state index in [1.165, 1.54) is 0 Å². The number of hydrogen-bond donors (Lipinski definition) is 1. The van der Waals surface area contributed by atoms with Gasteiger partial charge in [0.2, 0.25) is 5.13 Å². The second-order valence-corrected chi connectivity index (χ2v) is 5.73. The molecule has 1 unspecified atom stereocenters. The van der Waals surface area contributed by atoms with Crippen molar-refractivity contribution in [3.05, 3.63) is 5.51 Å². The van der Waals surface area contributed by atoms with Crippen molar-refractivity contribution in [1.29, 1.82) is 0 Å². The molecule has 1 saturated heterocycles. The third-order valence-electron chi connectivity index (χ3n) is 3.26. The van der Waals surface area contributed by atoms with Crippen molar-refractivity contribution in [3.8, 4) is 0 Å². The van der Waals surface area contributed by atoms with Gasteiger partial charge >= 0.3 is 0 Å². The van der Waals surface area contributed by atoms with Gasteiger partial charge in [-0.3, -0.25) is 4.90 Å². The zero-order chi connectivity index (χ0) is 13.0. The number of thiocarbonyl (C=S) groups is 1. The van der Waals surface area contributed by atoms with Crippen molar-refractivity contribution < 1.29 is 0 Å². The van der Waals surface area contributed by atoms with Crippen LogP contribution in [0.2, 0.25) is 0 Å². The third-order valence-corrected chi connectivity index (χ3v) is 4.29. The van der Waals surface area contributed by atoms with E-state index in [0.717, 1.165) is 44.2 Å². The van der Waals surface area contributed by atoms with Crippen molar-refractivity contribution in [1.82, 2.24) is 15.1 Å². The number of piperazine rings is 1. The summed E-state index contributed by atoms with van der Waals surface area (Å²) in [6.45, 7) is 6.09. The smallest absolute Gasteiger partial charge is 0.208 e. The summed E-state index contributed by atoms with van der Waals surface area (Å²) in [4.78, 5) is 5.29. The van der Waals surface area contributed by atoms with Crippen LogP contribution < -0.4 is 10.6 Å². The van der Waals surface area contributed by atoms with Gasteiger partial charge in [-0.15, -0.1) is 10.2 Å². The number of anilines is 1. The number of rotatable bonds is 5. The molecule has 18 heavy (non-hydrogen) atoms. The van der Waals surface area contributed by atoms with E-state index in [1.54, 1.807) is 16.8 Å². The summed E-state index contributed by atoms with van der Waals surface area (Å²) in [5, 5.41) is 9.00. The summed E-state index contributed by atoms with van der Waals surface area (Å²) >= 11 is 6.76. The molecule has 5 nitrogen and oxygen atoms in total. The molecule has 1 atom stereocenters. The molecule has 1 fully saturated rings. The van der Waals surface area contributed by atoms with E-state index in [-0.39, 0.29) is 6.04 Å². The number of aromatic nitrogens is 2. The van der Waals surface area contributed by atoms with Gasteiger partial charge in [-0.1, -0.05) is 36.9 Å². The Morgan fingerprint density at radius 1 is 1.50 bits per heavy atom.